The number of aromatic nitrogens is 1. The minimum Gasteiger partial charge on any atom is -0.354 e. The monoisotopic (exact) mass is 391 g/mol. The van der Waals surface area contributed by atoms with Crippen LogP contribution in [0.5, 0.6) is 0 Å². The molecular formula is C15H17BrF3N3O. The molecule has 126 valence electrons. The first-order chi connectivity index (χ1) is 10.9. The molecule has 8 heteroatoms. The number of carbonyl (C=O) groups excluding carboxylic acids is 1. The summed E-state index contributed by atoms with van der Waals surface area (Å²) in [6, 6.07) is 1.03. The lowest BCUT2D eigenvalue weighted by Gasteiger charge is -2.42. The average Bonchev–Trinajstić information content (AvgIpc) is 2.47. The van der Waals surface area contributed by atoms with Gasteiger partial charge < -0.3 is 9.80 Å². The van der Waals surface area contributed by atoms with Gasteiger partial charge in [0.2, 0.25) is 5.91 Å². The second kappa shape index (κ2) is 6.30. The van der Waals surface area contributed by atoms with Crippen LogP contribution in [0, 0.1) is 5.92 Å². The summed E-state index contributed by atoms with van der Waals surface area (Å²) in [4.78, 5) is 19.6. The molecule has 2 aliphatic rings. The molecule has 1 aromatic rings. The molecule has 3 heterocycles. The van der Waals surface area contributed by atoms with Crippen LogP contribution in [0.2, 0.25) is 0 Å². The van der Waals surface area contributed by atoms with Crippen LogP contribution >= 0.6 is 15.9 Å². The topological polar surface area (TPSA) is 36.4 Å². The van der Waals surface area contributed by atoms with E-state index in [0.29, 0.717) is 13.1 Å². The van der Waals surface area contributed by atoms with Gasteiger partial charge in [-0.3, -0.25) is 4.79 Å². The van der Waals surface area contributed by atoms with Crippen molar-refractivity contribution in [2.75, 3.05) is 31.1 Å². The van der Waals surface area contributed by atoms with Crippen molar-refractivity contribution in [1.82, 2.24) is 9.88 Å². The standard InChI is InChI=1S/C15H17BrF3N3O/c16-11-6-12(15(17,18)19)13(20-7-11)22-8-10(9-22)14(23)21-4-2-1-3-5-21/h6-7,10H,1-5,8-9H2. The largest absolute Gasteiger partial charge is 0.419 e. The molecule has 0 bridgehead atoms. The van der Waals surface area contributed by atoms with Crippen LogP contribution in [0.3, 0.4) is 0 Å². The van der Waals surface area contributed by atoms with Crippen molar-refractivity contribution in [3.63, 3.8) is 0 Å². The summed E-state index contributed by atoms with van der Waals surface area (Å²) < 4.78 is 39.7. The van der Waals surface area contributed by atoms with Crippen LogP contribution in [-0.4, -0.2) is 42.0 Å². The minimum absolute atomic E-state index is 0.0617. The zero-order chi connectivity index (χ0) is 16.6. The van der Waals surface area contributed by atoms with Crippen molar-refractivity contribution in [1.29, 1.82) is 0 Å². The predicted octanol–water partition coefficient (Wildman–Crippen LogP) is 3.31. The third kappa shape index (κ3) is 3.46. The van der Waals surface area contributed by atoms with Crippen molar-refractivity contribution in [3.8, 4) is 0 Å². The molecule has 0 radical (unpaired) electrons. The molecule has 0 saturated carbocycles. The van der Waals surface area contributed by atoms with Gasteiger partial charge in [-0.15, -0.1) is 0 Å². The molecule has 0 aromatic carbocycles. The first-order valence-electron chi connectivity index (χ1n) is 7.63. The van der Waals surface area contributed by atoms with Crippen LogP contribution in [0.25, 0.3) is 0 Å². The Bertz CT molecular complexity index is 596. The highest BCUT2D eigenvalue weighted by molar-refractivity contribution is 9.10. The fraction of sp³-hybridized carbons (Fsp3) is 0.600. The predicted molar refractivity (Wildman–Crippen MR) is 83.1 cm³/mol. The first kappa shape index (κ1) is 16.5. The molecule has 0 N–H and O–H groups in total. The van der Waals surface area contributed by atoms with Crippen LogP contribution in [0.15, 0.2) is 16.7 Å². The second-order valence-electron chi connectivity index (χ2n) is 6.01. The summed E-state index contributed by atoms with van der Waals surface area (Å²) >= 11 is 3.02. The highest BCUT2D eigenvalue weighted by Crippen LogP contribution is 2.39. The van der Waals surface area contributed by atoms with Gasteiger partial charge in [0.1, 0.15) is 5.82 Å². The number of pyridine rings is 1. The number of hydrogen-bond donors (Lipinski definition) is 0. The van der Waals surface area contributed by atoms with E-state index in [9.17, 15) is 18.0 Å². The summed E-state index contributed by atoms with van der Waals surface area (Å²) in [5.41, 5.74) is -0.768. The van der Waals surface area contributed by atoms with E-state index >= 15 is 0 Å². The summed E-state index contributed by atoms with van der Waals surface area (Å²) in [5.74, 6) is -0.255. The van der Waals surface area contributed by atoms with Gasteiger partial charge in [-0.1, -0.05) is 0 Å². The Hall–Kier alpha value is -1.31. The second-order valence-corrected chi connectivity index (χ2v) is 6.93. The van der Waals surface area contributed by atoms with Crippen molar-refractivity contribution >= 4 is 27.7 Å². The molecular weight excluding hydrogens is 375 g/mol. The lowest BCUT2D eigenvalue weighted by molar-refractivity contribution is -0.138. The van der Waals surface area contributed by atoms with Gasteiger partial charge in [0, 0.05) is 36.8 Å². The van der Waals surface area contributed by atoms with Crippen LogP contribution < -0.4 is 4.90 Å². The number of halogens is 4. The van der Waals surface area contributed by atoms with Gasteiger partial charge in [0.25, 0.3) is 0 Å². The van der Waals surface area contributed by atoms with Gasteiger partial charge in [0.15, 0.2) is 0 Å². The van der Waals surface area contributed by atoms with Crippen LogP contribution in [0.4, 0.5) is 19.0 Å². The van der Waals surface area contributed by atoms with E-state index in [1.165, 1.54) is 11.1 Å². The van der Waals surface area contributed by atoms with Gasteiger partial charge in [0.05, 0.1) is 11.5 Å². The fourth-order valence-electron chi connectivity index (χ4n) is 3.07. The average molecular weight is 392 g/mol. The number of likely N-dealkylation sites (tertiary alicyclic amines) is 1. The summed E-state index contributed by atoms with van der Waals surface area (Å²) in [6.45, 7) is 2.12. The van der Waals surface area contributed by atoms with Crippen molar-refractivity contribution in [2.45, 2.75) is 25.4 Å². The number of amides is 1. The smallest absolute Gasteiger partial charge is 0.354 e. The Morgan fingerprint density at radius 3 is 2.48 bits per heavy atom. The Kier molecular flexibility index (Phi) is 4.53. The maximum Gasteiger partial charge on any atom is 0.419 e. The Labute approximate surface area is 140 Å². The number of rotatable bonds is 2. The highest BCUT2D eigenvalue weighted by atomic mass is 79.9. The maximum atomic E-state index is 13.1. The van der Waals surface area contributed by atoms with Crippen LogP contribution in [0.1, 0.15) is 24.8 Å². The van der Waals surface area contributed by atoms with Crippen LogP contribution in [-0.2, 0) is 11.0 Å². The SMILES string of the molecule is O=C(C1CN(c2ncc(Br)cc2C(F)(F)F)C1)N1CCCCC1. The normalized spacial score (nSPS) is 19.7. The van der Waals surface area contributed by atoms with Crippen molar-refractivity contribution in [3.05, 3.63) is 22.3 Å². The number of nitrogens with zero attached hydrogens (tertiary/aromatic N) is 3. The van der Waals surface area contributed by atoms with E-state index in [-0.39, 0.29) is 22.1 Å². The van der Waals surface area contributed by atoms with Crippen molar-refractivity contribution < 1.29 is 18.0 Å². The van der Waals surface area contributed by atoms with Gasteiger partial charge in [-0.05, 0) is 41.3 Å². The lowest BCUT2D eigenvalue weighted by atomic mass is 9.96. The molecule has 3 rings (SSSR count). The van der Waals surface area contributed by atoms with E-state index < -0.39 is 11.7 Å². The van der Waals surface area contributed by atoms with Gasteiger partial charge in [-0.2, -0.15) is 13.2 Å². The third-order valence-corrected chi connectivity index (χ3v) is 4.77. The Morgan fingerprint density at radius 1 is 1.22 bits per heavy atom. The quantitative estimate of drug-likeness (QED) is 0.775. The lowest BCUT2D eigenvalue weighted by Crippen LogP contribution is -2.56. The molecule has 2 saturated heterocycles. The van der Waals surface area contributed by atoms with E-state index in [4.69, 9.17) is 0 Å². The number of piperidine rings is 1. The molecule has 1 amide bonds. The molecule has 0 aliphatic carbocycles. The third-order valence-electron chi connectivity index (χ3n) is 4.34. The van der Waals surface area contributed by atoms with Gasteiger partial charge in [-0.25, -0.2) is 4.98 Å². The number of carbonyl (C=O) groups is 1. The number of anilines is 1. The first-order valence-corrected chi connectivity index (χ1v) is 8.42. The molecule has 2 fully saturated rings. The van der Waals surface area contributed by atoms with Gasteiger partial charge >= 0.3 is 6.18 Å². The number of alkyl halides is 3. The summed E-state index contributed by atoms with van der Waals surface area (Å²) in [6.07, 6.45) is 0.0418. The molecule has 4 nitrogen and oxygen atoms in total. The van der Waals surface area contributed by atoms with E-state index in [0.717, 1.165) is 38.4 Å². The van der Waals surface area contributed by atoms with E-state index in [1.54, 1.807) is 0 Å². The highest BCUT2D eigenvalue weighted by Gasteiger charge is 2.42. The van der Waals surface area contributed by atoms with E-state index in [2.05, 4.69) is 20.9 Å². The number of hydrogen-bond acceptors (Lipinski definition) is 3. The summed E-state index contributed by atoms with van der Waals surface area (Å²) in [5, 5.41) is 0. The summed E-state index contributed by atoms with van der Waals surface area (Å²) in [7, 11) is 0. The molecule has 2 aliphatic heterocycles. The zero-order valence-corrected chi connectivity index (χ0v) is 14.0. The molecule has 0 atom stereocenters. The van der Waals surface area contributed by atoms with E-state index in [1.807, 2.05) is 4.90 Å². The maximum absolute atomic E-state index is 13.1. The zero-order valence-electron chi connectivity index (χ0n) is 12.4. The molecule has 0 unspecified atom stereocenters. The molecule has 0 spiro atoms. The molecule has 23 heavy (non-hydrogen) atoms. The fourth-order valence-corrected chi connectivity index (χ4v) is 3.40. The Balaban J connectivity index is 1.68. The molecule has 1 aromatic heterocycles. The minimum atomic E-state index is -4.46. The van der Waals surface area contributed by atoms with Crippen molar-refractivity contribution in [2.24, 2.45) is 5.92 Å². The Morgan fingerprint density at radius 2 is 1.87 bits per heavy atom.